The largest absolute Gasteiger partial charge is 0.497 e. The van der Waals surface area contributed by atoms with Gasteiger partial charge in [-0.2, -0.15) is 0 Å². The van der Waals surface area contributed by atoms with Crippen LogP contribution < -0.4 is 20.1 Å². The number of carbonyl (C=O) groups is 1. The summed E-state index contributed by atoms with van der Waals surface area (Å²) >= 11 is 1.57. The SMILES string of the molecule is COc1ccc(OCCNc2ccc(NC(=O)Cc3cccs3)nc2)cc1. The number of hydrogen-bond donors (Lipinski definition) is 2. The van der Waals surface area contributed by atoms with Crippen LogP contribution in [0.1, 0.15) is 4.88 Å². The van der Waals surface area contributed by atoms with Crippen LogP contribution in [0.3, 0.4) is 0 Å². The maximum Gasteiger partial charge on any atom is 0.230 e. The Balaban J connectivity index is 1.38. The molecule has 0 saturated carbocycles. The number of rotatable bonds is 9. The number of nitrogens with zero attached hydrogens (tertiary/aromatic N) is 1. The molecule has 140 valence electrons. The summed E-state index contributed by atoms with van der Waals surface area (Å²) in [5.74, 6) is 2.06. The minimum absolute atomic E-state index is 0.0708. The van der Waals surface area contributed by atoms with Gasteiger partial charge in [0.25, 0.3) is 0 Å². The van der Waals surface area contributed by atoms with Crippen molar-refractivity contribution >= 4 is 28.7 Å². The van der Waals surface area contributed by atoms with Gasteiger partial charge in [0, 0.05) is 11.4 Å². The number of hydrogen-bond acceptors (Lipinski definition) is 6. The van der Waals surface area contributed by atoms with E-state index >= 15 is 0 Å². The second-order valence-corrected chi connectivity index (χ2v) is 6.72. The number of amides is 1. The fraction of sp³-hybridized carbons (Fsp3) is 0.200. The third-order valence-electron chi connectivity index (χ3n) is 3.71. The van der Waals surface area contributed by atoms with Crippen LogP contribution >= 0.6 is 11.3 Å². The molecule has 3 rings (SSSR count). The van der Waals surface area contributed by atoms with Crippen molar-refractivity contribution < 1.29 is 14.3 Å². The fourth-order valence-corrected chi connectivity index (χ4v) is 3.07. The highest BCUT2D eigenvalue weighted by atomic mass is 32.1. The molecule has 0 aliphatic heterocycles. The average Bonchev–Trinajstić information content (AvgIpc) is 3.20. The van der Waals surface area contributed by atoms with E-state index in [0.29, 0.717) is 25.4 Å². The minimum atomic E-state index is -0.0708. The van der Waals surface area contributed by atoms with Crippen LogP contribution in [0, 0.1) is 0 Å². The van der Waals surface area contributed by atoms with Crippen molar-refractivity contribution in [3.05, 3.63) is 65.0 Å². The predicted octanol–water partition coefficient (Wildman–Crippen LogP) is 3.82. The molecule has 0 unspecified atom stereocenters. The van der Waals surface area contributed by atoms with E-state index in [-0.39, 0.29) is 5.91 Å². The van der Waals surface area contributed by atoms with Gasteiger partial charge in [-0.25, -0.2) is 4.98 Å². The molecule has 0 fully saturated rings. The highest BCUT2D eigenvalue weighted by Gasteiger charge is 2.05. The number of anilines is 2. The maximum absolute atomic E-state index is 12.0. The highest BCUT2D eigenvalue weighted by molar-refractivity contribution is 7.10. The van der Waals surface area contributed by atoms with Crippen LogP contribution in [0.5, 0.6) is 11.5 Å². The lowest BCUT2D eigenvalue weighted by Gasteiger charge is -2.09. The minimum Gasteiger partial charge on any atom is -0.497 e. The molecule has 6 nitrogen and oxygen atoms in total. The van der Waals surface area contributed by atoms with Gasteiger partial charge < -0.3 is 20.1 Å². The van der Waals surface area contributed by atoms with E-state index in [9.17, 15) is 4.79 Å². The van der Waals surface area contributed by atoms with Crippen molar-refractivity contribution in [2.75, 3.05) is 30.9 Å². The molecule has 0 saturated heterocycles. The Morgan fingerprint density at radius 3 is 2.59 bits per heavy atom. The standard InChI is InChI=1S/C20H21N3O3S/c1-25-16-5-7-17(8-6-16)26-11-10-21-15-4-9-19(22-14-15)23-20(24)13-18-3-2-12-27-18/h2-9,12,14,21H,10-11,13H2,1H3,(H,22,23,24). The van der Waals surface area contributed by atoms with Crippen molar-refractivity contribution in [3.63, 3.8) is 0 Å². The van der Waals surface area contributed by atoms with Crippen molar-refractivity contribution in [1.82, 2.24) is 4.98 Å². The Morgan fingerprint density at radius 1 is 1.11 bits per heavy atom. The van der Waals surface area contributed by atoms with Crippen molar-refractivity contribution in [1.29, 1.82) is 0 Å². The van der Waals surface area contributed by atoms with E-state index in [4.69, 9.17) is 9.47 Å². The molecule has 2 heterocycles. The first-order valence-electron chi connectivity index (χ1n) is 8.52. The van der Waals surface area contributed by atoms with E-state index in [1.807, 2.05) is 47.8 Å². The van der Waals surface area contributed by atoms with Gasteiger partial charge in [0.05, 0.1) is 25.4 Å². The van der Waals surface area contributed by atoms with Gasteiger partial charge in [-0.15, -0.1) is 11.3 Å². The molecule has 0 bridgehead atoms. The third-order valence-corrected chi connectivity index (χ3v) is 4.58. The summed E-state index contributed by atoms with van der Waals surface area (Å²) in [6.45, 7) is 1.16. The second kappa shape index (κ2) is 9.59. The Morgan fingerprint density at radius 2 is 1.93 bits per heavy atom. The zero-order chi connectivity index (χ0) is 18.9. The predicted molar refractivity (Wildman–Crippen MR) is 108 cm³/mol. The van der Waals surface area contributed by atoms with Crippen molar-refractivity contribution in [2.24, 2.45) is 0 Å². The highest BCUT2D eigenvalue weighted by Crippen LogP contribution is 2.17. The summed E-state index contributed by atoms with van der Waals surface area (Å²) < 4.78 is 10.8. The van der Waals surface area contributed by atoms with Gasteiger partial charge >= 0.3 is 0 Å². The van der Waals surface area contributed by atoms with Crippen molar-refractivity contribution in [2.45, 2.75) is 6.42 Å². The van der Waals surface area contributed by atoms with Gasteiger partial charge in [0.15, 0.2) is 0 Å². The van der Waals surface area contributed by atoms with Crippen LogP contribution in [0.15, 0.2) is 60.1 Å². The first-order valence-corrected chi connectivity index (χ1v) is 9.40. The van der Waals surface area contributed by atoms with Gasteiger partial charge in [0.2, 0.25) is 5.91 Å². The van der Waals surface area contributed by atoms with E-state index in [2.05, 4.69) is 15.6 Å². The second-order valence-electron chi connectivity index (χ2n) is 5.69. The smallest absolute Gasteiger partial charge is 0.230 e. The van der Waals surface area contributed by atoms with Crippen LogP contribution in [-0.2, 0) is 11.2 Å². The molecule has 2 N–H and O–H groups in total. The molecule has 0 aliphatic carbocycles. The van der Waals surface area contributed by atoms with E-state index < -0.39 is 0 Å². The summed E-state index contributed by atoms with van der Waals surface area (Å²) in [7, 11) is 1.63. The fourth-order valence-electron chi connectivity index (χ4n) is 2.37. The number of aromatic nitrogens is 1. The van der Waals surface area contributed by atoms with Gasteiger partial charge in [-0.05, 0) is 47.8 Å². The summed E-state index contributed by atoms with van der Waals surface area (Å²) in [5.41, 5.74) is 0.865. The third kappa shape index (κ3) is 6.00. The lowest BCUT2D eigenvalue weighted by Crippen LogP contribution is -2.15. The lowest BCUT2D eigenvalue weighted by atomic mass is 10.3. The maximum atomic E-state index is 12.0. The van der Waals surface area contributed by atoms with E-state index in [1.165, 1.54) is 0 Å². The number of nitrogens with one attached hydrogen (secondary N) is 2. The zero-order valence-corrected chi connectivity index (χ0v) is 15.8. The topological polar surface area (TPSA) is 72.5 Å². The number of pyridine rings is 1. The number of thiophene rings is 1. The molecule has 0 aliphatic rings. The molecule has 7 heteroatoms. The molecule has 0 radical (unpaired) electrons. The Bertz CT molecular complexity index is 834. The van der Waals surface area contributed by atoms with Crippen molar-refractivity contribution in [3.8, 4) is 11.5 Å². The van der Waals surface area contributed by atoms with Gasteiger partial charge in [0.1, 0.15) is 23.9 Å². The molecule has 2 aromatic heterocycles. The summed E-state index contributed by atoms with van der Waals surface area (Å²) in [6, 6.07) is 15.0. The van der Waals surface area contributed by atoms with Crippen LogP contribution in [0.4, 0.5) is 11.5 Å². The number of methoxy groups -OCH3 is 1. The van der Waals surface area contributed by atoms with Gasteiger partial charge in [-0.1, -0.05) is 6.07 Å². The first-order chi connectivity index (χ1) is 13.2. The molecule has 1 aromatic carbocycles. The number of ether oxygens (including phenoxy) is 2. The first kappa shape index (κ1) is 18.7. The average molecular weight is 383 g/mol. The summed E-state index contributed by atoms with van der Waals surface area (Å²) in [6.07, 6.45) is 2.05. The molecular weight excluding hydrogens is 362 g/mol. The normalized spacial score (nSPS) is 10.3. The Hall–Kier alpha value is -3.06. The lowest BCUT2D eigenvalue weighted by molar-refractivity contribution is -0.115. The van der Waals surface area contributed by atoms with Crippen LogP contribution in [0.25, 0.3) is 0 Å². The zero-order valence-electron chi connectivity index (χ0n) is 15.0. The Kier molecular flexibility index (Phi) is 6.65. The van der Waals surface area contributed by atoms with Crippen LogP contribution in [-0.4, -0.2) is 31.2 Å². The molecule has 27 heavy (non-hydrogen) atoms. The molecule has 0 spiro atoms. The summed E-state index contributed by atoms with van der Waals surface area (Å²) in [5, 5.41) is 7.99. The number of benzene rings is 1. The van der Waals surface area contributed by atoms with E-state index in [0.717, 1.165) is 22.1 Å². The molecule has 1 amide bonds. The Labute approximate surface area is 162 Å². The van der Waals surface area contributed by atoms with Crippen LogP contribution in [0.2, 0.25) is 0 Å². The monoisotopic (exact) mass is 383 g/mol. The quantitative estimate of drug-likeness (QED) is 0.550. The molecule has 3 aromatic rings. The van der Waals surface area contributed by atoms with E-state index in [1.54, 1.807) is 30.7 Å². The summed E-state index contributed by atoms with van der Waals surface area (Å²) in [4.78, 5) is 17.3. The molecule has 0 atom stereocenters. The van der Waals surface area contributed by atoms with Gasteiger partial charge in [-0.3, -0.25) is 4.79 Å². The molecular formula is C20H21N3O3S. The number of carbonyl (C=O) groups excluding carboxylic acids is 1.